The summed E-state index contributed by atoms with van der Waals surface area (Å²) in [7, 11) is 0. The van der Waals surface area contributed by atoms with Gasteiger partial charge in [-0.15, -0.1) is 0 Å². The number of hydrogen-bond donors (Lipinski definition) is 1. The molecule has 18 heavy (non-hydrogen) atoms. The first-order valence-electron chi connectivity index (χ1n) is 5.64. The minimum Gasteiger partial charge on any atom is -0.352 e. The van der Waals surface area contributed by atoms with E-state index in [4.69, 9.17) is 5.26 Å². The molecule has 0 aliphatic heterocycles. The lowest BCUT2D eigenvalue weighted by atomic mass is 10.1. The Balaban J connectivity index is 2.43. The van der Waals surface area contributed by atoms with E-state index < -0.39 is 0 Å². The van der Waals surface area contributed by atoms with Gasteiger partial charge in [-0.3, -0.25) is 0 Å². The molecule has 0 saturated heterocycles. The van der Waals surface area contributed by atoms with E-state index in [1.165, 1.54) is 6.07 Å². The van der Waals surface area contributed by atoms with E-state index >= 15 is 0 Å². The molecule has 0 saturated carbocycles. The fraction of sp³-hybridized carbons (Fsp3) is 0.133. The minimum atomic E-state index is -0.328. The maximum absolute atomic E-state index is 13.6. The Morgan fingerprint density at radius 2 is 1.61 bits per heavy atom. The van der Waals surface area contributed by atoms with Crippen LogP contribution in [0.2, 0.25) is 0 Å². The van der Waals surface area contributed by atoms with E-state index in [0.29, 0.717) is 16.9 Å². The van der Waals surface area contributed by atoms with E-state index in [-0.39, 0.29) is 5.82 Å². The molecule has 0 heterocycles. The van der Waals surface area contributed by atoms with E-state index in [2.05, 4.69) is 11.4 Å². The quantitative estimate of drug-likeness (QED) is 0.859. The summed E-state index contributed by atoms with van der Waals surface area (Å²) in [4.78, 5) is 0. The van der Waals surface area contributed by atoms with Crippen LogP contribution in [0.3, 0.4) is 0 Å². The van der Waals surface area contributed by atoms with Crippen molar-refractivity contribution in [3.63, 3.8) is 0 Å². The second-order valence-electron chi connectivity index (χ2n) is 4.27. The van der Waals surface area contributed by atoms with E-state index in [1.54, 1.807) is 18.2 Å². The van der Waals surface area contributed by atoms with Gasteiger partial charge >= 0.3 is 0 Å². The standard InChI is InChI=1S/C15H13FN2/c1-10-3-5-12(9-17)14(7-10)18-15-8-11(2)4-6-13(15)16/h3-8,18H,1-2H3. The highest BCUT2D eigenvalue weighted by Crippen LogP contribution is 2.24. The molecule has 0 atom stereocenters. The van der Waals surface area contributed by atoms with Gasteiger partial charge in [0.25, 0.3) is 0 Å². The smallest absolute Gasteiger partial charge is 0.146 e. The lowest BCUT2D eigenvalue weighted by molar-refractivity contribution is 0.631. The van der Waals surface area contributed by atoms with E-state index in [0.717, 1.165) is 11.1 Å². The van der Waals surface area contributed by atoms with Gasteiger partial charge < -0.3 is 5.32 Å². The van der Waals surface area contributed by atoms with Gasteiger partial charge in [0.1, 0.15) is 11.9 Å². The molecule has 0 aliphatic carbocycles. The predicted octanol–water partition coefficient (Wildman–Crippen LogP) is 4.06. The first kappa shape index (κ1) is 12.1. The molecule has 1 N–H and O–H groups in total. The SMILES string of the molecule is Cc1ccc(F)c(Nc2cc(C)ccc2C#N)c1. The molecule has 90 valence electrons. The van der Waals surface area contributed by atoms with Crippen molar-refractivity contribution in [2.24, 2.45) is 0 Å². The van der Waals surface area contributed by atoms with Crippen LogP contribution in [0.25, 0.3) is 0 Å². The summed E-state index contributed by atoms with van der Waals surface area (Å²) in [5.74, 6) is -0.328. The van der Waals surface area contributed by atoms with E-state index in [9.17, 15) is 4.39 Å². The number of rotatable bonds is 2. The average Bonchev–Trinajstić information content (AvgIpc) is 2.34. The van der Waals surface area contributed by atoms with Crippen LogP contribution in [0.1, 0.15) is 16.7 Å². The number of anilines is 2. The molecule has 0 aromatic heterocycles. The highest BCUT2D eigenvalue weighted by atomic mass is 19.1. The number of benzene rings is 2. The molecule has 0 fully saturated rings. The highest BCUT2D eigenvalue weighted by molar-refractivity contribution is 5.68. The summed E-state index contributed by atoms with van der Waals surface area (Å²) in [5, 5.41) is 12.0. The van der Waals surface area contributed by atoms with Crippen molar-refractivity contribution in [3.8, 4) is 6.07 Å². The lowest BCUT2D eigenvalue weighted by Gasteiger charge is -2.10. The molecule has 0 radical (unpaired) electrons. The van der Waals surface area contributed by atoms with Gasteiger partial charge in [0.2, 0.25) is 0 Å². The number of nitrogens with one attached hydrogen (secondary N) is 1. The van der Waals surface area contributed by atoms with Crippen molar-refractivity contribution >= 4 is 11.4 Å². The van der Waals surface area contributed by atoms with Crippen molar-refractivity contribution in [1.82, 2.24) is 0 Å². The third-order valence-corrected chi connectivity index (χ3v) is 2.69. The number of nitriles is 1. The largest absolute Gasteiger partial charge is 0.352 e. The molecular formula is C15H13FN2. The maximum atomic E-state index is 13.6. The Bertz CT molecular complexity index is 627. The Hall–Kier alpha value is -2.34. The molecule has 2 aromatic rings. The van der Waals surface area contributed by atoms with Crippen molar-refractivity contribution in [1.29, 1.82) is 5.26 Å². The van der Waals surface area contributed by atoms with Crippen molar-refractivity contribution < 1.29 is 4.39 Å². The molecule has 0 amide bonds. The zero-order valence-electron chi connectivity index (χ0n) is 10.3. The fourth-order valence-electron chi connectivity index (χ4n) is 1.74. The first-order valence-corrected chi connectivity index (χ1v) is 5.64. The molecule has 2 aromatic carbocycles. The summed E-state index contributed by atoms with van der Waals surface area (Å²) in [6, 6.07) is 12.4. The van der Waals surface area contributed by atoms with Crippen LogP contribution >= 0.6 is 0 Å². The molecule has 0 spiro atoms. The van der Waals surface area contributed by atoms with Crippen LogP contribution in [0.5, 0.6) is 0 Å². The summed E-state index contributed by atoms with van der Waals surface area (Å²) in [5.41, 5.74) is 3.50. The first-order chi connectivity index (χ1) is 8.60. The summed E-state index contributed by atoms with van der Waals surface area (Å²) in [6.07, 6.45) is 0. The number of nitrogens with zero attached hydrogens (tertiary/aromatic N) is 1. The van der Waals surface area contributed by atoms with Crippen LogP contribution in [0, 0.1) is 31.0 Å². The molecule has 0 unspecified atom stereocenters. The summed E-state index contributed by atoms with van der Waals surface area (Å²) < 4.78 is 13.6. The fourth-order valence-corrected chi connectivity index (χ4v) is 1.74. The van der Waals surface area contributed by atoms with Crippen molar-refractivity contribution in [3.05, 3.63) is 58.9 Å². The lowest BCUT2D eigenvalue weighted by Crippen LogP contribution is -1.97. The van der Waals surface area contributed by atoms with Gasteiger partial charge in [-0.1, -0.05) is 12.1 Å². The molecular weight excluding hydrogens is 227 g/mol. The van der Waals surface area contributed by atoms with E-state index in [1.807, 2.05) is 26.0 Å². The minimum absolute atomic E-state index is 0.328. The van der Waals surface area contributed by atoms with Crippen LogP contribution < -0.4 is 5.32 Å². The molecule has 2 nitrogen and oxygen atoms in total. The normalized spacial score (nSPS) is 9.89. The Kier molecular flexibility index (Phi) is 3.29. The zero-order valence-corrected chi connectivity index (χ0v) is 10.3. The molecule has 2 rings (SSSR count). The highest BCUT2D eigenvalue weighted by Gasteiger charge is 2.06. The predicted molar refractivity (Wildman–Crippen MR) is 70.3 cm³/mol. The van der Waals surface area contributed by atoms with Gasteiger partial charge in [0.15, 0.2) is 0 Å². The van der Waals surface area contributed by atoms with Gasteiger partial charge in [-0.2, -0.15) is 5.26 Å². The van der Waals surface area contributed by atoms with Crippen molar-refractivity contribution in [2.75, 3.05) is 5.32 Å². The third kappa shape index (κ3) is 2.49. The maximum Gasteiger partial charge on any atom is 0.146 e. The summed E-state index contributed by atoms with van der Waals surface area (Å²) >= 11 is 0. The Morgan fingerprint density at radius 3 is 2.28 bits per heavy atom. The zero-order chi connectivity index (χ0) is 13.1. The molecule has 0 aliphatic rings. The van der Waals surface area contributed by atoms with Crippen LogP contribution in [0.15, 0.2) is 36.4 Å². The van der Waals surface area contributed by atoms with Crippen molar-refractivity contribution in [2.45, 2.75) is 13.8 Å². The average molecular weight is 240 g/mol. The second-order valence-corrected chi connectivity index (χ2v) is 4.27. The van der Waals surface area contributed by atoms with Crippen LogP contribution in [0.4, 0.5) is 15.8 Å². The molecule has 3 heteroatoms. The third-order valence-electron chi connectivity index (χ3n) is 2.69. The Labute approximate surface area is 106 Å². The van der Waals surface area contributed by atoms with Crippen LogP contribution in [-0.2, 0) is 0 Å². The Morgan fingerprint density at radius 1 is 1.00 bits per heavy atom. The number of halogens is 1. The monoisotopic (exact) mass is 240 g/mol. The van der Waals surface area contributed by atoms with Gasteiger partial charge in [0, 0.05) is 0 Å². The van der Waals surface area contributed by atoms with Crippen LogP contribution in [-0.4, -0.2) is 0 Å². The number of aryl methyl sites for hydroxylation is 2. The summed E-state index contributed by atoms with van der Waals surface area (Å²) in [6.45, 7) is 3.82. The second kappa shape index (κ2) is 4.89. The van der Waals surface area contributed by atoms with Gasteiger partial charge in [-0.05, 0) is 49.2 Å². The number of hydrogen-bond acceptors (Lipinski definition) is 2. The topological polar surface area (TPSA) is 35.8 Å². The van der Waals surface area contributed by atoms with Gasteiger partial charge in [-0.25, -0.2) is 4.39 Å². The van der Waals surface area contributed by atoms with Gasteiger partial charge in [0.05, 0.1) is 16.9 Å². The molecule has 0 bridgehead atoms.